The second kappa shape index (κ2) is 41.1. The first-order chi connectivity index (χ1) is 45.2. The molecule has 6 N–H and O–H groups in total. The Balaban J connectivity index is 2.99. The molecule has 0 aromatic rings. The van der Waals surface area contributed by atoms with Crippen molar-refractivity contribution in [2.45, 2.75) is 247 Å². The summed E-state index contributed by atoms with van der Waals surface area (Å²) >= 11 is 0. The molecule has 28 heteroatoms. The molecule has 2 rings (SSSR count). The summed E-state index contributed by atoms with van der Waals surface area (Å²) in [6.45, 7) is 30.9. The molecule has 0 spiro atoms. The molecular formula is C69H124N12O16. The summed E-state index contributed by atoms with van der Waals surface area (Å²) in [6.07, 6.45) is -0.598. The topological polar surface area (TPSA) is 336 Å². The molecule has 0 aromatic heterocycles. The minimum absolute atomic E-state index is 0.0111. The molecule has 0 aliphatic carbocycles. The molecule has 0 unspecified atom stereocenters. The number of likely N-dealkylation sites (N-methyl/N-ethyl adjacent to an activating group) is 6. The highest BCUT2D eigenvalue weighted by molar-refractivity contribution is 6.00. The number of rotatable bonds is 22. The lowest BCUT2D eigenvalue weighted by Crippen LogP contribution is -2.64. The molecule has 97 heavy (non-hydrogen) atoms. The molecule has 2 fully saturated rings. The number of esters is 1. The smallest absolute Gasteiger partial charge is 0.305 e. The molecule has 2 saturated heterocycles. The zero-order valence-corrected chi connectivity index (χ0v) is 62.8. The number of carbonyl (C=O) groups excluding carboxylic acids is 12. The summed E-state index contributed by atoms with van der Waals surface area (Å²) in [4.78, 5) is 184. The quantitative estimate of drug-likeness (QED) is 0.0668. The van der Waals surface area contributed by atoms with Gasteiger partial charge in [0.1, 0.15) is 66.5 Å². The van der Waals surface area contributed by atoms with Crippen molar-refractivity contribution in [1.29, 1.82) is 0 Å². The lowest BCUT2D eigenvalue weighted by molar-refractivity contribution is -0.154. The van der Waals surface area contributed by atoms with Crippen molar-refractivity contribution in [2.75, 3.05) is 88.9 Å². The van der Waals surface area contributed by atoms with Crippen molar-refractivity contribution < 1.29 is 76.9 Å². The maximum Gasteiger partial charge on any atom is 0.305 e. The van der Waals surface area contributed by atoms with E-state index in [2.05, 4.69) is 31.5 Å². The Kier molecular flexibility index (Phi) is 36.7. The van der Waals surface area contributed by atoms with Crippen molar-refractivity contribution in [3.05, 3.63) is 0 Å². The summed E-state index contributed by atoms with van der Waals surface area (Å²) in [6, 6.07) is -14.6. The van der Waals surface area contributed by atoms with Crippen LogP contribution in [0.1, 0.15) is 169 Å². The monoisotopic (exact) mass is 1380 g/mol. The van der Waals surface area contributed by atoms with Crippen LogP contribution in [0.2, 0.25) is 0 Å². The number of aliphatic hydroxyl groups excluding tert-OH is 1. The van der Waals surface area contributed by atoms with Gasteiger partial charge in [-0.05, 0) is 121 Å². The predicted molar refractivity (Wildman–Crippen MR) is 367 cm³/mol. The molecule has 0 saturated carbocycles. The normalized spacial score (nSPS) is 27.0. The van der Waals surface area contributed by atoms with E-state index in [0.29, 0.717) is 19.6 Å². The Hall–Kier alpha value is -6.52. The number of aliphatic hydroxyl groups is 1. The Morgan fingerprint density at radius 1 is 0.515 bits per heavy atom. The van der Waals surface area contributed by atoms with Crippen LogP contribution in [0.3, 0.4) is 0 Å². The van der Waals surface area contributed by atoms with Crippen molar-refractivity contribution >= 4 is 70.9 Å². The van der Waals surface area contributed by atoms with Crippen LogP contribution in [0, 0.1) is 35.5 Å². The van der Waals surface area contributed by atoms with E-state index in [1.165, 1.54) is 89.8 Å². The summed E-state index contributed by atoms with van der Waals surface area (Å²) in [5, 5.41) is 25.8. The number of unbranched alkanes of at least 4 members (excludes halogenated alkanes) is 1. The van der Waals surface area contributed by atoms with E-state index in [1.807, 2.05) is 41.5 Å². The van der Waals surface area contributed by atoms with Gasteiger partial charge in [-0.1, -0.05) is 83.1 Å². The largest absolute Gasteiger partial charge is 0.469 e. The summed E-state index contributed by atoms with van der Waals surface area (Å²) in [7, 11) is 9.64. The molecule has 14 atom stereocenters. The van der Waals surface area contributed by atoms with Crippen LogP contribution in [0.25, 0.3) is 0 Å². The highest BCUT2D eigenvalue weighted by Crippen LogP contribution is 2.25. The second-order valence-electron chi connectivity index (χ2n) is 28.8. The van der Waals surface area contributed by atoms with Gasteiger partial charge in [0.2, 0.25) is 65.0 Å². The van der Waals surface area contributed by atoms with Gasteiger partial charge < -0.3 is 75.3 Å². The van der Waals surface area contributed by atoms with Gasteiger partial charge in [0.05, 0.1) is 32.5 Å². The number of nitrogens with one attached hydrogen (secondary N) is 5. The third-order valence-electron chi connectivity index (χ3n) is 18.7. The van der Waals surface area contributed by atoms with E-state index in [0.717, 1.165) is 35.9 Å². The first-order valence-corrected chi connectivity index (χ1v) is 35.0. The summed E-state index contributed by atoms with van der Waals surface area (Å²) in [5.41, 5.74) is 0. The van der Waals surface area contributed by atoms with E-state index in [9.17, 15) is 48.3 Å². The van der Waals surface area contributed by atoms with Gasteiger partial charge in [-0.25, -0.2) is 0 Å². The van der Waals surface area contributed by atoms with Gasteiger partial charge in [0, 0.05) is 68.4 Å². The van der Waals surface area contributed by atoms with Crippen LogP contribution >= 0.6 is 0 Å². The van der Waals surface area contributed by atoms with E-state index in [4.69, 9.17) is 14.2 Å². The SMILES string of the molecule is CC[C@@H]1NC(=O)[C@H]([C@H](O)[C@H](C)CCCC(=O)OC)NC(=O)[C@H](C(C)C)N(C)C(=O)[C@H](CC(C)C)N(C)C(=O)[C@H](CC(C)C)N(C)C(=O)[C@@H](C)NC(=O)[C@H](C)NC(=O)[C@H](CC(C)C)N(C)C(=O)[C@H](C(C)C)NC(=O)[C@H]([C@@H](C)OCCCCN2CCOCC2)N(C)C(=O)[C@@H](C)N(C)C1=O. The summed E-state index contributed by atoms with van der Waals surface area (Å²) < 4.78 is 16.7. The number of hydrogen-bond acceptors (Lipinski definition) is 17. The van der Waals surface area contributed by atoms with E-state index in [1.54, 1.807) is 48.5 Å². The Morgan fingerprint density at radius 3 is 1.52 bits per heavy atom. The molecule has 0 radical (unpaired) electrons. The number of carbonyl (C=O) groups is 12. The van der Waals surface area contributed by atoms with Gasteiger partial charge in [-0.15, -0.1) is 0 Å². The van der Waals surface area contributed by atoms with Crippen LogP contribution in [-0.2, 0) is 71.7 Å². The number of hydrogen-bond donors (Lipinski definition) is 6. The standard InChI is InChI=1S/C69H124N12O16/c1-24-49-66(91)75(17)47(15)65(90)80(22)57(48(16)97-33-26-25-30-81-31-34-96-35-32-81)63(88)73-54(42(8)9)69(94)76(18)50(36-39(2)3)60(85)70-45(13)59(84)71-46(14)64(89)77(19)51(37-40(4)5)67(92)78(20)52(38-41(6)7)68(93)79(21)56(43(10)11)62(87)74-55(61(86)72-49)58(83)44(12)28-27-29-53(82)95-23/h39-52,54-58,83H,24-38H2,1-23H3,(H,70,85)(H,71,84)(H,72,86)(H,73,88)(H,74,87)/t44-,45+,46-,47-,48-,49+,50+,51+,52+,54+,55+,56+,57+,58-/m1/s1. The highest BCUT2D eigenvalue weighted by atomic mass is 16.5. The maximum atomic E-state index is 15.2. The lowest BCUT2D eigenvalue weighted by Gasteiger charge is -2.40. The number of nitrogens with zero attached hydrogens (tertiary/aromatic N) is 7. The van der Waals surface area contributed by atoms with Gasteiger partial charge in [0.15, 0.2) is 0 Å². The average Bonchev–Trinajstić information content (AvgIpc) is 0.820. The van der Waals surface area contributed by atoms with Crippen molar-refractivity contribution in [1.82, 2.24) is 60.9 Å². The predicted octanol–water partition coefficient (Wildman–Crippen LogP) is 2.16. The minimum Gasteiger partial charge on any atom is -0.469 e. The van der Waals surface area contributed by atoms with Crippen molar-refractivity contribution in [3.8, 4) is 0 Å². The first kappa shape index (κ1) is 86.6. The van der Waals surface area contributed by atoms with Crippen LogP contribution in [0.4, 0.5) is 0 Å². The molecule has 2 aliphatic heterocycles. The molecule has 556 valence electrons. The fourth-order valence-electron chi connectivity index (χ4n) is 12.4. The molecular weight excluding hydrogens is 1250 g/mol. The number of methoxy groups -OCH3 is 1. The van der Waals surface area contributed by atoms with E-state index >= 15 is 14.4 Å². The zero-order valence-electron chi connectivity index (χ0n) is 62.8. The third-order valence-corrected chi connectivity index (χ3v) is 18.7. The van der Waals surface area contributed by atoms with Crippen LogP contribution in [0.5, 0.6) is 0 Å². The summed E-state index contributed by atoms with van der Waals surface area (Å²) in [5.74, 6) is -11.3. The maximum absolute atomic E-state index is 15.2. The molecule has 0 aromatic carbocycles. The Bertz CT molecular complexity index is 2620. The van der Waals surface area contributed by atoms with Crippen LogP contribution in [-0.4, -0.2) is 278 Å². The fourth-order valence-corrected chi connectivity index (χ4v) is 12.4. The van der Waals surface area contributed by atoms with E-state index < -0.39 is 167 Å². The highest BCUT2D eigenvalue weighted by Gasteiger charge is 2.45. The zero-order chi connectivity index (χ0) is 74.2. The molecule has 2 heterocycles. The fraction of sp³-hybridized carbons (Fsp3) is 0.826. The number of ether oxygens (including phenoxy) is 3. The Labute approximate surface area is 578 Å². The number of morpholine rings is 1. The van der Waals surface area contributed by atoms with Crippen LogP contribution in [0.15, 0.2) is 0 Å². The van der Waals surface area contributed by atoms with Crippen LogP contribution < -0.4 is 26.6 Å². The van der Waals surface area contributed by atoms with Gasteiger partial charge in [-0.3, -0.25) is 62.4 Å². The second-order valence-corrected chi connectivity index (χ2v) is 28.8. The van der Waals surface area contributed by atoms with Gasteiger partial charge in [0.25, 0.3) is 0 Å². The van der Waals surface area contributed by atoms with Gasteiger partial charge >= 0.3 is 5.97 Å². The average molecular weight is 1380 g/mol. The molecule has 2 aliphatic rings. The number of amides is 11. The minimum atomic E-state index is -1.78. The molecule has 28 nitrogen and oxygen atoms in total. The van der Waals surface area contributed by atoms with Crippen molar-refractivity contribution in [2.24, 2.45) is 35.5 Å². The third kappa shape index (κ3) is 25.6. The molecule has 0 bridgehead atoms. The lowest BCUT2D eigenvalue weighted by atomic mass is 9.91. The Morgan fingerprint density at radius 2 is 1.00 bits per heavy atom. The first-order valence-electron chi connectivity index (χ1n) is 35.0. The van der Waals surface area contributed by atoms with Crippen molar-refractivity contribution in [3.63, 3.8) is 0 Å². The molecule has 11 amide bonds. The van der Waals surface area contributed by atoms with Gasteiger partial charge in [-0.2, -0.15) is 0 Å². The van der Waals surface area contributed by atoms with E-state index in [-0.39, 0.29) is 69.3 Å².